The number of esters is 2. The molecule has 0 aliphatic heterocycles. The Morgan fingerprint density at radius 3 is 2.44 bits per heavy atom. The first-order chi connectivity index (χ1) is 11.9. The molecular weight excluding hydrogens is 328 g/mol. The first kappa shape index (κ1) is 18.7. The lowest BCUT2D eigenvalue weighted by Crippen LogP contribution is -2.57. The van der Waals surface area contributed by atoms with E-state index < -0.39 is 30.0 Å². The van der Waals surface area contributed by atoms with Gasteiger partial charge in [0.15, 0.2) is 19.0 Å². The third-order valence-electron chi connectivity index (χ3n) is 4.45. The monoisotopic (exact) mass is 350 g/mol. The van der Waals surface area contributed by atoms with E-state index in [1.807, 2.05) is 0 Å². The molecule has 2 rings (SSSR count). The summed E-state index contributed by atoms with van der Waals surface area (Å²) in [7, 11) is 1.28. The second kappa shape index (κ2) is 7.96. The molecule has 1 saturated carbocycles. The number of amides is 1. The van der Waals surface area contributed by atoms with Crippen molar-refractivity contribution in [3.05, 3.63) is 35.3 Å². The largest absolute Gasteiger partial charge is 0.619 e. The molecule has 1 heterocycles. The van der Waals surface area contributed by atoms with Crippen LogP contribution in [-0.4, -0.2) is 37.1 Å². The lowest BCUT2D eigenvalue weighted by molar-refractivity contribution is -0.605. The van der Waals surface area contributed by atoms with Gasteiger partial charge in [0.05, 0.1) is 12.7 Å². The van der Waals surface area contributed by atoms with Crippen LogP contribution in [0.2, 0.25) is 0 Å². The van der Waals surface area contributed by atoms with Crippen molar-refractivity contribution >= 4 is 17.8 Å². The molecule has 1 fully saturated rings. The number of hydrogen-bond acceptors (Lipinski definition) is 6. The Morgan fingerprint density at radius 1 is 1.28 bits per heavy atom. The molecule has 0 spiro atoms. The molecule has 1 aliphatic carbocycles. The van der Waals surface area contributed by atoms with Gasteiger partial charge in [-0.05, 0) is 31.6 Å². The smallest absolute Gasteiger partial charge is 0.339 e. The molecule has 0 atom stereocenters. The molecule has 136 valence electrons. The molecule has 0 radical (unpaired) electrons. The highest BCUT2D eigenvalue weighted by atomic mass is 16.5. The topological polar surface area (TPSA) is 109 Å². The van der Waals surface area contributed by atoms with Crippen molar-refractivity contribution in [2.24, 2.45) is 5.92 Å². The normalized spacial score (nSPS) is 22.7. The number of nitrogens with zero attached hydrogens (tertiary/aromatic N) is 1. The fourth-order valence-corrected chi connectivity index (χ4v) is 2.90. The Kier molecular flexibility index (Phi) is 5.95. The highest BCUT2D eigenvalue weighted by Gasteiger charge is 2.43. The fraction of sp³-hybridized carbons (Fsp3) is 0.529. The van der Waals surface area contributed by atoms with E-state index in [0.717, 1.165) is 25.2 Å². The van der Waals surface area contributed by atoms with E-state index >= 15 is 0 Å². The molecule has 8 heteroatoms. The molecule has 8 nitrogen and oxygen atoms in total. The van der Waals surface area contributed by atoms with Gasteiger partial charge in [-0.3, -0.25) is 4.79 Å². The van der Waals surface area contributed by atoms with E-state index in [1.165, 1.54) is 19.2 Å². The van der Waals surface area contributed by atoms with Gasteiger partial charge >= 0.3 is 11.9 Å². The average molecular weight is 350 g/mol. The number of pyridine rings is 1. The Morgan fingerprint density at radius 2 is 1.88 bits per heavy atom. The second-order valence-corrected chi connectivity index (χ2v) is 6.33. The number of nitrogens with one attached hydrogen (secondary N) is 1. The molecule has 1 amide bonds. The van der Waals surface area contributed by atoms with Gasteiger partial charge in [0.2, 0.25) is 0 Å². The first-order valence-electron chi connectivity index (χ1n) is 8.12. The summed E-state index contributed by atoms with van der Waals surface area (Å²) in [5.74, 6) is -1.29. The van der Waals surface area contributed by atoms with E-state index in [1.54, 1.807) is 0 Å². The predicted octanol–water partition coefficient (Wildman–Crippen LogP) is 0.715. The molecule has 1 N–H and O–H groups in total. The van der Waals surface area contributed by atoms with Crippen LogP contribution in [0.5, 0.6) is 0 Å². The van der Waals surface area contributed by atoms with Crippen LogP contribution in [0, 0.1) is 11.1 Å². The molecule has 1 aliphatic rings. The van der Waals surface area contributed by atoms with Gasteiger partial charge in [-0.2, -0.15) is 4.73 Å². The molecule has 0 bridgehead atoms. The van der Waals surface area contributed by atoms with Crippen molar-refractivity contribution in [1.29, 1.82) is 0 Å². The third kappa shape index (κ3) is 4.68. The molecular formula is C17H22N2O6. The van der Waals surface area contributed by atoms with Crippen molar-refractivity contribution in [2.45, 2.75) is 38.1 Å². The Bertz CT molecular complexity index is 635. The number of methoxy groups -OCH3 is 1. The maximum absolute atomic E-state index is 12.2. The van der Waals surface area contributed by atoms with Crippen LogP contribution in [0.3, 0.4) is 0 Å². The van der Waals surface area contributed by atoms with E-state index in [-0.39, 0.29) is 5.56 Å². The van der Waals surface area contributed by atoms with Crippen LogP contribution in [0.25, 0.3) is 0 Å². The Balaban J connectivity index is 1.94. The summed E-state index contributed by atoms with van der Waals surface area (Å²) in [5, 5.41) is 13.6. The quantitative estimate of drug-likeness (QED) is 0.476. The Hall–Kier alpha value is -2.64. The van der Waals surface area contributed by atoms with Crippen molar-refractivity contribution in [3.8, 4) is 0 Å². The predicted molar refractivity (Wildman–Crippen MR) is 86.2 cm³/mol. The second-order valence-electron chi connectivity index (χ2n) is 6.33. The lowest BCUT2D eigenvalue weighted by Gasteiger charge is -2.37. The summed E-state index contributed by atoms with van der Waals surface area (Å²) in [5.41, 5.74) is -0.903. The van der Waals surface area contributed by atoms with Gasteiger partial charge in [0.25, 0.3) is 5.91 Å². The van der Waals surface area contributed by atoms with Gasteiger partial charge in [-0.15, -0.1) is 0 Å². The molecule has 1 aromatic heterocycles. The van der Waals surface area contributed by atoms with Crippen molar-refractivity contribution in [1.82, 2.24) is 5.32 Å². The number of aromatic nitrogens is 1. The van der Waals surface area contributed by atoms with Crippen LogP contribution < -0.4 is 10.0 Å². The lowest BCUT2D eigenvalue weighted by atomic mass is 9.77. The van der Waals surface area contributed by atoms with Gasteiger partial charge in [-0.25, -0.2) is 9.59 Å². The minimum Gasteiger partial charge on any atom is -0.619 e. The van der Waals surface area contributed by atoms with Gasteiger partial charge in [-0.1, -0.05) is 6.92 Å². The summed E-state index contributed by atoms with van der Waals surface area (Å²) in [6, 6.07) is 2.59. The first-order valence-corrected chi connectivity index (χ1v) is 8.12. The summed E-state index contributed by atoms with van der Waals surface area (Å²) in [6.45, 7) is 1.58. The van der Waals surface area contributed by atoms with Gasteiger partial charge in [0.1, 0.15) is 5.54 Å². The average Bonchev–Trinajstić information content (AvgIpc) is 2.61. The third-order valence-corrected chi connectivity index (χ3v) is 4.45. The number of carbonyl (C=O) groups is 3. The number of hydrogen-bond donors (Lipinski definition) is 1. The molecule has 1 aromatic rings. The van der Waals surface area contributed by atoms with Crippen molar-refractivity contribution in [2.75, 3.05) is 13.7 Å². The summed E-state index contributed by atoms with van der Waals surface area (Å²) in [6.07, 6.45) is 4.90. The van der Waals surface area contributed by atoms with Crippen LogP contribution in [0.15, 0.2) is 24.5 Å². The van der Waals surface area contributed by atoms with Crippen molar-refractivity contribution in [3.63, 3.8) is 0 Å². The summed E-state index contributed by atoms with van der Waals surface area (Å²) >= 11 is 0. The number of rotatable bonds is 5. The molecule has 0 unspecified atom stereocenters. The Labute approximate surface area is 145 Å². The van der Waals surface area contributed by atoms with Crippen LogP contribution in [0.1, 0.15) is 43.0 Å². The molecule has 25 heavy (non-hydrogen) atoms. The van der Waals surface area contributed by atoms with Crippen LogP contribution in [-0.2, 0) is 19.1 Å². The standard InChI is InChI=1S/C17H22N2O6/c1-12-3-7-17(8-4-12,16(22)24-2)18-14(20)11-25-15(21)13-5-9-19(23)10-6-13/h5-6,9-10,12H,3-4,7-8,11H2,1-2H3,(H,18,20). The number of carbonyl (C=O) groups excluding carboxylic acids is 3. The summed E-state index contributed by atoms with van der Waals surface area (Å²) < 4.78 is 10.3. The highest BCUT2D eigenvalue weighted by molar-refractivity contribution is 5.92. The SMILES string of the molecule is COC(=O)C1(NC(=O)COC(=O)c2cc[n+]([O-])cc2)CCC(C)CC1. The highest BCUT2D eigenvalue weighted by Crippen LogP contribution is 2.32. The minimum atomic E-state index is -1.06. The van der Waals surface area contributed by atoms with E-state index in [4.69, 9.17) is 9.47 Å². The van der Waals surface area contributed by atoms with Gasteiger partial charge in [0, 0.05) is 12.1 Å². The zero-order chi connectivity index (χ0) is 18.4. The van der Waals surface area contributed by atoms with E-state index in [9.17, 15) is 19.6 Å². The zero-order valence-electron chi connectivity index (χ0n) is 14.3. The van der Waals surface area contributed by atoms with Crippen LogP contribution in [0.4, 0.5) is 0 Å². The zero-order valence-corrected chi connectivity index (χ0v) is 14.3. The van der Waals surface area contributed by atoms with Crippen molar-refractivity contribution < 1.29 is 28.6 Å². The minimum absolute atomic E-state index is 0.161. The maximum atomic E-state index is 12.2. The fourth-order valence-electron chi connectivity index (χ4n) is 2.90. The summed E-state index contributed by atoms with van der Waals surface area (Å²) in [4.78, 5) is 36.2. The molecule has 0 aromatic carbocycles. The number of ether oxygens (including phenoxy) is 2. The van der Waals surface area contributed by atoms with E-state index in [0.29, 0.717) is 23.5 Å². The van der Waals surface area contributed by atoms with Gasteiger partial charge < -0.3 is 20.0 Å². The van der Waals surface area contributed by atoms with Crippen LogP contribution >= 0.6 is 0 Å². The van der Waals surface area contributed by atoms with E-state index in [2.05, 4.69) is 12.2 Å². The molecule has 0 saturated heterocycles. The maximum Gasteiger partial charge on any atom is 0.339 e.